The number of aryl methyl sites for hydroxylation is 1. The standard InChI is InChI=1S/C22H23N3O3/c1-28-17-8-6-7-16(14-17)23-21(26)15-10-11-18-19(13-15)24-20-9-4-2-3-5-12-25(20)22(18)27/h6-8,10-11,13-14H,2-5,9,12H2,1H3,(H,23,26). The minimum Gasteiger partial charge on any atom is -0.497 e. The Bertz CT molecular complexity index is 1090. The molecule has 6 heteroatoms. The average molecular weight is 377 g/mol. The van der Waals surface area contributed by atoms with Crippen LogP contribution in [0.4, 0.5) is 5.69 Å². The third-order valence-electron chi connectivity index (χ3n) is 5.16. The van der Waals surface area contributed by atoms with Crippen molar-refractivity contribution in [1.82, 2.24) is 9.55 Å². The van der Waals surface area contributed by atoms with Gasteiger partial charge in [0.2, 0.25) is 0 Å². The second-order valence-electron chi connectivity index (χ2n) is 7.07. The number of hydrogen-bond acceptors (Lipinski definition) is 4. The van der Waals surface area contributed by atoms with Gasteiger partial charge in [-0.25, -0.2) is 4.98 Å². The normalized spacial score (nSPS) is 14.0. The molecule has 28 heavy (non-hydrogen) atoms. The summed E-state index contributed by atoms with van der Waals surface area (Å²) in [6.07, 6.45) is 5.14. The minimum atomic E-state index is -0.246. The molecule has 0 atom stereocenters. The van der Waals surface area contributed by atoms with Crippen LogP contribution in [0.1, 0.15) is 41.9 Å². The predicted molar refractivity (Wildman–Crippen MR) is 109 cm³/mol. The number of rotatable bonds is 3. The fraction of sp³-hybridized carbons (Fsp3) is 0.318. The van der Waals surface area contributed by atoms with Crippen LogP contribution in [-0.2, 0) is 13.0 Å². The molecule has 1 amide bonds. The van der Waals surface area contributed by atoms with E-state index in [4.69, 9.17) is 9.72 Å². The summed E-state index contributed by atoms with van der Waals surface area (Å²) in [5.74, 6) is 1.25. The first-order valence-electron chi connectivity index (χ1n) is 9.64. The number of aromatic nitrogens is 2. The molecule has 4 rings (SSSR count). The summed E-state index contributed by atoms with van der Waals surface area (Å²) in [4.78, 5) is 30.3. The van der Waals surface area contributed by atoms with Crippen LogP contribution in [-0.4, -0.2) is 22.6 Å². The Morgan fingerprint density at radius 2 is 1.96 bits per heavy atom. The molecule has 0 radical (unpaired) electrons. The van der Waals surface area contributed by atoms with Crippen molar-refractivity contribution < 1.29 is 9.53 Å². The summed E-state index contributed by atoms with van der Waals surface area (Å²) in [6, 6.07) is 12.3. The lowest BCUT2D eigenvalue weighted by Gasteiger charge is -2.16. The third kappa shape index (κ3) is 3.63. The molecule has 6 nitrogen and oxygen atoms in total. The van der Waals surface area contributed by atoms with Crippen molar-refractivity contribution >= 4 is 22.5 Å². The van der Waals surface area contributed by atoms with Gasteiger partial charge in [0, 0.05) is 30.3 Å². The van der Waals surface area contributed by atoms with Crippen molar-refractivity contribution in [3.05, 3.63) is 64.2 Å². The van der Waals surface area contributed by atoms with Gasteiger partial charge in [0.05, 0.1) is 18.0 Å². The lowest BCUT2D eigenvalue weighted by atomic mass is 10.1. The Labute approximate surface area is 163 Å². The quantitative estimate of drug-likeness (QED) is 0.754. The Kier molecular flexibility index (Phi) is 5.10. The number of carbonyl (C=O) groups is 1. The highest BCUT2D eigenvalue weighted by Gasteiger charge is 2.15. The number of carbonyl (C=O) groups excluding carboxylic acids is 1. The largest absolute Gasteiger partial charge is 0.497 e. The zero-order chi connectivity index (χ0) is 19.5. The smallest absolute Gasteiger partial charge is 0.261 e. The van der Waals surface area contributed by atoms with Crippen LogP contribution >= 0.6 is 0 Å². The van der Waals surface area contributed by atoms with Crippen molar-refractivity contribution in [2.45, 2.75) is 38.6 Å². The molecule has 0 spiro atoms. The van der Waals surface area contributed by atoms with E-state index in [0.717, 1.165) is 44.5 Å². The first kappa shape index (κ1) is 18.2. The van der Waals surface area contributed by atoms with Crippen LogP contribution in [0.25, 0.3) is 10.9 Å². The van der Waals surface area contributed by atoms with E-state index >= 15 is 0 Å². The molecule has 1 N–H and O–H groups in total. The van der Waals surface area contributed by atoms with Crippen LogP contribution in [0.3, 0.4) is 0 Å². The molecule has 1 aromatic heterocycles. The lowest BCUT2D eigenvalue weighted by molar-refractivity contribution is 0.102. The first-order chi connectivity index (χ1) is 13.7. The molecule has 0 saturated carbocycles. The Balaban J connectivity index is 1.67. The summed E-state index contributed by atoms with van der Waals surface area (Å²) in [7, 11) is 1.58. The fourth-order valence-electron chi connectivity index (χ4n) is 3.64. The van der Waals surface area contributed by atoms with Gasteiger partial charge in [0.15, 0.2) is 0 Å². The number of nitrogens with one attached hydrogen (secondary N) is 1. The topological polar surface area (TPSA) is 73.2 Å². The van der Waals surface area contributed by atoms with Crippen LogP contribution in [0, 0.1) is 0 Å². The van der Waals surface area contributed by atoms with Crippen LogP contribution < -0.4 is 15.6 Å². The Hall–Kier alpha value is -3.15. The second kappa shape index (κ2) is 7.84. The van der Waals surface area contributed by atoms with E-state index < -0.39 is 0 Å². The average Bonchev–Trinajstić information content (AvgIpc) is 2.69. The maximum Gasteiger partial charge on any atom is 0.261 e. The minimum absolute atomic E-state index is 0.0124. The van der Waals surface area contributed by atoms with E-state index in [0.29, 0.717) is 27.9 Å². The van der Waals surface area contributed by atoms with Crippen LogP contribution in [0.2, 0.25) is 0 Å². The van der Waals surface area contributed by atoms with E-state index in [-0.39, 0.29) is 11.5 Å². The number of ether oxygens (including phenoxy) is 1. The molecule has 1 aliphatic rings. The van der Waals surface area contributed by atoms with Crippen LogP contribution in [0.5, 0.6) is 5.75 Å². The number of amides is 1. The van der Waals surface area contributed by atoms with Gasteiger partial charge in [-0.15, -0.1) is 0 Å². The van der Waals surface area contributed by atoms with Crippen molar-refractivity contribution in [3.63, 3.8) is 0 Å². The highest BCUT2D eigenvalue weighted by atomic mass is 16.5. The highest BCUT2D eigenvalue weighted by molar-refractivity contribution is 6.06. The zero-order valence-corrected chi connectivity index (χ0v) is 15.9. The maximum atomic E-state index is 12.9. The summed E-state index contributed by atoms with van der Waals surface area (Å²) in [5, 5.41) is 3.42. The van der Waals surface area contributed by atoms with Crippen molar-refractivity contribution in [2.75, 3.05) is 12.4 Å². The fourth-order valence-corrected chi connectivity index (χ4v) is 3.64. The van der Waals surface area contributed by atoms with Gasteiger partial charge >= 0.3 is 0 Å². The maximum absolute atomic E-state index is 12.9. The van der Waals surface area contributed by atoms with Crippen molar-refractivity contribution in [2.24, 2.45) is 0 Å². The summed E-state index contributed by atoms with van der Waals surface area (Å²) >= 11 is 0. The lowest BCUT2D eigenvalue weighted by Crippen LogP contribution is -2.26. The number of fused-ring (bicyclic) bond motifs is 2. The molecule has 144 valence electrons. The van der Waals surface area contributed by atoms with E-state index in [9.17, 15) is 9.59 Å². The number of nitrogens with zero attached hydrogens (tertiary/aromatic N) is 2. The Morgan fingerprint density at radius 1 is 1.11 bits per heavy atom. The summed E-state index contributed by atoms with van der Waals surface area (Å²) in [6.45, 7) is 0.717. The number of benzene rings is 2. The molecule has 0 aliphatic carbocycles. The van der Waals surface area contributed by atoms with E-state index in [1.807, 2.05) is 12.1 Å². The summed E-state index contributed by atoms with van der Waals surface area (Å²) < 4.78 is 6.99. The monoisotopic (exact) mass is 377 g/mol. The highest BCUT2D eigenvalue weighted by Crippen LogP contribution is 2.19. The van der Waals surface area contributed by atoms with Crippen molar-refractivity contribution in [3.8, 4) is 5.75 Å². The second-order valence-corrected chi connectivity index (χ2v) is 7.07. The van der Waals surface area contributed by atoms with E-state index in [2.05, 4.69) is 5.32 Å². The summed E-state index contributed by atoms with van der Waals surface area (Å²) in [5.41, 5.74) is 1.69. The Morgan fingerprint density at radius 3 is 2.82 bits per heavy atom. The molecule has 0 saturated heterocycles. The molecule has 2 aromatic carbocycles. The van der Waals surface area contributed by atoms with Crippen molar-refractivity contribution in [1.29, 1.82) is 0 Å². The van der Waals surface area contributed by atoms with Gasteiger partial charge in [0.1, 0.15) is 11.6 Å². The first-order valence-corrected chi connectivity index (χ1v) is 9.64. The van der Waals surface area contributed by atoms with E-state index in [1.54, 1.807) is 42.0 Å². The molecule has 3 aromatic rings. The van der Waals surface area contributed by atoms with Gasteiger partial charge in [-0.2, -0.15) is 0 Å². The van der Waals surface area contributed by atoms with Gasteiger partial charge < -0.3 is 10.1 Å². The molecule has 0 fully saturated rings. The van der Waals surface area contributed by atoms with Gasteiger partial charge in [0.25, 0.3) is 11.5 Å². The zero-order valence-electron chi connectivity index (χ0n) is 15.9. The van der Waals surface area contributed by atoms with Gasteiger partial charge in [-0.05, 0) is 43.2 Å². The predicted octanol–water partition coefficient (Wildman–Crippen LogP) is 3.77. The molecule has 2 heterocycles. The molecular weight excluding hydrogens is 354 g/mol. The number of methoxy groups -OCH3 is 1. The molecule has 1 aliphatic heterocycles. The van der Waals surface area contributed by atoms with Crippen LogP contribution in [0.15, 0.2) is 47.3 Å². The molecule has 0 unspecified atom stereocenters. The third-order valence-corrected chi connectivity index (χ3v) is 5.16. The number of anilines is 1. The molecule has 0 bridgehead atoms. The van der Waals surface area contributed by atoms with Gasteiger partial charge in [-0.3, -0.25) is 14.2 Å². The number of hydrogen-bond donors (Lipinski definition) is 1. The SMILES string of the molecule is COc1cccc(NC(=O)c2ccc3c(=O)n4c(nc3c2)CCCCCC4)c1. The van der Waals surface area contributed by atoms with Gasteiger partial charge in [-0.1, -0.05) is 18.9 Å². The van der Waals surface area contributed by atoms with E-state index in [1.165, 1.54) is 0 Å². The molecular formula is C22H23N3O3.